The predicted octanol–water partition coefficient (Wildman–Crippen LogP) is 0.878. The van der Waals surface area contributed by atoms with E-state index in [1.807, 2.05) is 14.1 Å². The van der Waals surface area contributed by atoms with E-state index in [2.05, 4.69) is 29.7 Å². The zero-order valence-corrected chi connectivity index (χ0v) is 13.0. The van der Waals surface area contributed by atoms with Crippen molar-refractivity contribution in [2.75, 3.05) is 53.9 Å². The third-order valence-corrected chi connectivity index (χ3v) is 2.83. The molecule has 5 nitrogen and oxygen atoms in total. The van der Waals surface area contributed by atoms with Gasteiger partial charge in [-0.1, -0.05) is 13.8 Å². The van der Waals surface area contributed by atoms with E-state index in [0.717, 1.165) is 19.6 Å². The fourth-order valence-corrected chi connectivity index (χ4v) is 1.75. The van der Waals surface area contributed by atoms with Crippen LogP contribution in [0.5, 0.6) is 0 Å². The van der Waals surface area contributed by atoms with Gasteiger partial charge < -0.3 is 9.80 Å². The van der Waals surface area contributed by atoms with E-state index in [4.69, 9.17) is 5.26 Å². The first-order valence-corrected chi connectivity index (χ1v) is 6.84. The molecule has 0 N–H and O–H groups in total. The van der Waals surface area contributed by atoms with Crippen LogP contribution in [-0.2, 0) is 4.79 Å². The van der Waals surface area contributed by atoms with Crippen molar-refractivity contribution in [2.24, 2.45) is 5.92 Å². The van der Waals surface area contributed by atoms with Crippen LogP contribution in [0.2, 0.25) is 0 Å². The van der Waals surface area contributed by atoms with Gasteiger partial charge in [0.15, 0.2) is 0 Å². The van der Waals surface area contributed by atoms with Crippen LogP contribution < -0.4 is 0 Å². The average molecular weight is 268 g/mol. The molecule has 0 aliphatic rings. The quantitative estimate of drug-likeness (QED) is 0.623. The highest BCUT2D eigenvalue weighted by atomic mass is 16.2. The van der Waals surface area contributed by atoms with Gasteiger partial charge in [-0.25, -0.2) is 0 Å². The molecular weight excluding hydrogens is 240 g/mol. The molecule has 110 valence electrons. The Bertz CT molecular complexity index is 296. The average Bonchev–Trinajstić information content (AvgIpc) is 2.32. The van der Waals surface area contributed by atoms with E-state index >= 15 is 0 Å². The summed E-state index contributed by atoms with van der Waals surface area (Å²) < 4.78 is 0. The number of rotatable bonds is 9. The summed E-state index contributed by atoms with van der Waals surface area (Å²) in [6, 6.07) is 2.06. The second kappa shape index (κ2) is 9.76. The Morgan fingerprint density at radius 3 is 2.26 bits per heavy atom. The number of likely N-dealkylation sites (N-methyl/N-ethyl adjacent to an activating group) is 2. The zero-order chi connectivity index (χ0) is 14.8. The molecule has 0 unspecified atom stereocenters. The van der Waals surface area contributed by atoms with Gasteiger partial charge in [-0.3, -0.25) is 9.69 Å². The van der Waals surface area contributed by atoms with E-state index < -0.39 is 0 Å². The van der Waals surface area contributed by atoms with Crippen molar-refractivity contribution in [3.63, 3.8) is 0 Å². The molecule has 0 heterocycles. The van der Waals surface area contributed by atoms with Crippen LogP contribution in [0.4, 0.5) is 0 Å². The van der Waals surface area contributed by atoms with E-state index in [1.54, 1.807) is 11.9 Å². The van der Waals surface area contributed by atoms with Crippen molar-refractivity contribution in [1.29, 1.82) is 5.26 Å². The zero-order valence-electron chi connectivity index (χ0n) is 13.0. The van der Waals surface area contributed by atoms with Gasteiger partial charge in [0, 0.05) is 33.2 Å². The van der Waals surface area contributed by atoms with E-state index in [0.29, 0.717) is 25.4 Å². The third kappa shape index (κ3) is 9.46. The first-order valence-electron chi connectivity index (χ1n) is 6.84. The first kappa shape index (κ1) is 17.9. The standard InChI is InChI=1S/C14H28N4O/c1-13(2)11-18(10-9-16(3)4)12-14(19)17(5)8-6-7-15/h13H,6,8-12H2,1-5H3. The van der Waals surface area contributed by atoms with Gasteiger partial charge in [0.1, 0.15) is 0 Å². The summed E-state index contributed by atoms with van der Waals surface area (Å²) >= 11 is 0. The van der Waals surface area contributed by atoms with Crippen molar-refractivity contribution in [2.45, 2.75) is 20.3 Å². The summed E-state index contributed by atoms with van der Waals surface area (Å²) in [5, 5.41) is 8.54. The van der Waals surface area contributed by atoms with Gasteiger partial charge in [-0.15, -0.1) is 0 Å². The molecule has 0 saturated carbocycles. The van der Waals surface area contributed by atoms with Crippen LogP contribution in [0.3, 0.4) is 0 Å². The minimum Gasteiger partial charge on any atom is -0.344 e. The highest BCUT2D eigenvalue weighted by Gasteiger charge is 2.15. The summed E-state index contributed by atoms with van der Waals surface area (Å²) in [6.07, 6.45) is 0.393. The minimum absolute atomic E-state index is 0.0923. The number of hydrogen-bond acceptors (Lipinski definition) is 4. The van der Waals surface area contributed by atoms with E-state index in [9.17, 15) is 4.79 Å². The van der Waals surface area contributed by atoms with Crippen LogP contribution in [0, 0.1) is 17.2 Å². The third-order valence-electron chi connectivity index (χ3n) is 2.83. The molecule has 5 heteroatoms. The molecule has 0 saturated heterocycles. The summed E-state index contributed by atoms with van der Waals surface area (Å²) in [5.74, 6) is 0.633. The van der Waals surface area contributed by atoms with Gasteiger partial charge in [0.05, 0.1) is 19.0 Å². The Balaban J connectivity index is 4.29. The number of carbonyl (C=O) groups excluding carboxylic acids is 1. The van der Waals surface area contributed by atoms with Gasteiger partial charge in [0.2, 0.25) is 5.91 Å². The number of nitrogens with zero attached hydrogens (tertiary/aromatic N) is 4. The molecule has 0 bridgehead atoms. The van der Waals surface area contributed by atoms with Gasteiger partial charge in [0.25, 0.3) is 0 Å². The Hall–Kier alpha value is -1.12. The van der Waals surface area contributed by atoms with Crippen LogP contribution in [0.25, 0.3) is 0 Å². The lowest BCUT2D eigenvalue weighted by molar-refractivity contribution is -0.131. The van der Waals surface area contributed by atoms with Crippen molar-refractivity contribution in [3.8, 4) is 6.07 Å². The molecule has 1 amide bonds. The molecular formula is C14H28N4O. The summed E-state index contributed by atoms with van der Waals surface area (Å²) in [7, 11) is 5.84. The molecule has 19 heavy (non-hydrogen) atoms. The predicted molar refractivity (Wildman–Crippen MR) is 77.7 cm³/mol. The molecule has 0 atom stereocenters. The van der Waals surface area contributed by atoms with E-state index in [1.165, 1.54) is 0 Å². The molecule has 0 aliphatic heterocycles. The molecule has 0 aromatic carbocycles. The lowest BCUT2D eigenvalue weighted by Gasteiger charge is -2.27. The largest absolute Gasteiger partial charge is 0.344 e. The van der Waals surface area contributed by atoms with Gasteiger partial charge in [-0.05, 0) is 20.0 Å². The van der Waals surface area contributed by atoms with Gasteiger partial charge in [-0.2, -0.15) is 5.26 Å². The molecule has 0 radical (unpaired) electrons. The van der Waals surface area contributed by atoms with Crippen molar-refractivity contribution in [3.05, 3.63) is 0 Å². The molecule has 0 fully saturated rings. The topological polar surface area (TPSA) is 50.6 Å². The number of amides is 1. The van der Waals surface area contributed by atoms with Crippen LogP contribution in [-0.4, -0.2) is 74.5 Å². The van der Waals surface area contributed by atoms with Crippen LogP contribution in [0.1, 0.15) is 20.3 Å². The number of nitriles is 1. The highest BCUT2D eigenvalue weighted by molar-refractivity contribution is 5.78. The highest BCUT2D eigenvalue weighted by Crippen LogP contribution is 2.00. The second-order valence-electron chi connectivity index (χ2n) is 5.66. The SMILES string of the molecule is CC(C)CN(CCN(C)C)CC(=O)N(C)CCC#N. The first-order chi connectivity index (χ1) is 8.86. The van der Waals surface area contributed by atoms with Crippen molar-refractivity contribution >= 4 is 5.91 Å². The molecule has 0 rings (SSSR count). The lowest BCUT2D eigenvalue weighted by Crippen LogP contribution is -2.42. The van der Waals surface area contributed by atoms with Crippen LogP contribution in [0.15, 0.2) is 0 Å². The molecule has 0 aliphatic carbocycles. The molecule has 0 aromatic heterocycles. The maximum atomic E-state index is 12.0. The normalized spacial score (nSPS) is 11.1. The van der Waals surface area contributed by atoms with Crippen LogP contribution >= 0.6 is 0 Å². The Labute approximate surface area is 117 Å². The second-order valence-corrected chi connectivity index (χ2v) is 5.66. The van der Waals surface area contributed by atoms with Crippen molar-refractivity contribution < 1.29 is 4.79 Å². The summed E-state index contributed by atoms with van der Waals surface area (Å²) in [6.45, 7) is 8.03. The number of hydrogen-bond donors (Lipinski definition) is 0. The summed E-state index contributed by atoms with van der Waals surface area (Å²) in [5.41, 5.74) is 0. The smallest absolute Gasteiger partial charge is 0.236 e. The molecule has 0 spiro atoms. The Morgan fingerprint density at radius 2 is 1.79 bits per heavy atom. The Morgan fingerprint density at radius 1 is 1.16 bits per heavy atom. The number of carbonyl (C=O) groups is 1. The monoisotopic (exact) mass is 268 g/mol. The maximum absolute atomic E-state index is 12.0. The summed E-state index contributed by atoms with van der Waals surface area (Å²) in [4.78, 5) is 18.0. The molecule has 0 aromatic rings. The fraction of sp³-hybridized carbons (Fsp3) is 0.857. The minimum atomic E-state index is 0.0923. The fourth-order valence-electron chi connectivity index (χ4n) is 1.75. The maximum Gasteiger partial charge on any atom is 0.236 e. The van der Waals surface area contributed by atoms with Crippen molar-refractivity contribution in [1.82, 2.24) is 14.7 Å². The Kier molecular flexibility index (Phi) is 9.19. The lowest BCUT2D eigenvalue weighted by atomic mass is 10.2. The van der Waals surface area contributed by atoms with Gasteiger partial charge >= 0.3 is 0 Å². The van der Waals surface area contributed by atoms with E-state index in [-0.39, 0.29) is 5.91 Å².